The minimum Gasteiger partial charge on any atom is -0.462 e. The lowest BCUT2D eigenvalue weighted by Crippen LogP contribution is -2.06. The van der Waals surface area contributed by atoms with Crippen molar-refractivity contribution in [3.05, 3.63) is 28.6 Å². The van der Waals surface area contributed by atoms with Crippen LogP contribution in [-0.4, -0.2) is 17.6 Å². The van der Waals surface area contributed by atoms with E-state index in [2.05, 4.69) is 18.8 Å². The Hall–Kier alpha value is -2.02. The average molecular weight is 246 g/mol. The van der Waals surface area contributed by atoms with Gasteiger partial charge in [0, 0.05) is 11.9 Å². The Morgan fingerprint density at radius 1 is 1.44 bits per heavy atom. The maximum Gasteiger partial charge on any atom is 0.348 e. The van der Waals surface area contributed by atoms with Crippen LogP contribution in [0.15, 0.2) is 11.8 Å². The highest BCUT2D eigenvalue weighted by atomic mass is 16.5. The molecule has 0 bridgehead atoms. The Balaban J connectivity index is 3.10. The highest BCUT2D eigenvalue weighted by molar-refractivity contribution is 5.97. The highest BCUT2D eigenvalue weighted by Gasteiger charge is 2.13. The normalized spacial score (nSPS) is 11.1. The molecule has 0 spiro atoms. The maximum atomic E-state index is 11.5. The summed E-state index contributed by atoms with van der Waals surface area (Å²) in [5, 5.41) is 8.98. The van der Waals surface area contributed by atoms with E-state index in [-0.39, 0.29) is 12.2 Å². The lowest BCUT2D eigenvalue weighted by molar-refractivity contribution is -0.137. The molecule has 0 unspecified atom stereocenters. The first kappa shape index (κ1) is 14.0. The van der Waals surface area contributed by atoms with Crippen LogP contribution in [0.25, 0.3) is 6.08 Å². The lowest BCUT2D eigenvalue weighted by atomic mass is 10.0. The molecule has 1 heterocycles. The summed E-state index contributed by atoms with van der Waals surface area (Å²) in [6, 6.07) is 1.88. The number of aromatic nitrogens is 1. The van der Waals surface area contributed by atoms with Crippen molar-refractivity contribution in [2.75, 3.05) is 6.61 Å². The van der Waals surface area contributed by atoms with Crippen LogP contribution in [0.4, 0.5) is 0 Å². The van der Waals surface area contributed by atoms with Gasteiger partial charge in [0.05, 0.1) is 6.61 Å². The average Bonchev–Trinajstić information content (AvgIpc) is 2.77. The van der Waals surface area contributed by atoms with Crippen LogP contribution in [0.2, 0.25) is 0 Å². The van der Waals surface area contributed by atoms with Gasteiger partial charge in [-0.2, -0.15) is 5.26 Å². The topological polar surface area (TPSA) is 65.9 Å². The SMILES string of the molecule is CCOC(=O)C(C#N)=Cc1[nH]cc(CC)c1CC. The van der Waals surface area contributed by atoms with Crippen molar-refractivity contribution in [3.8, 4) is 6.07 Å². The monoisotopic (exact) mass is 246 g/mol. The van der Waals surface area contributed by atoms with Gasteiger partial charge in [-0.05, 0) is 37.0 Å². The second-order valence-corrected chi connectivity index (χ2v) is 3.80. The van der Waals surface area contributed by atoms with E-state index in [1.165, 1.54) is 5.56 Å². The van der Waals surface area contributed by atoms with Crippen molar-refractivity contribution >= 4 is 12.0 Å². The van der Waals surface area contributed by atoms with Crippen LogP contribution in [0.5, 0.6) is 0 Å². The van der Waals surface area contributed by atoms with Crippen molar-refractivity contribution in [1.82, 2.24) is 4.98 Å². The molecule has 96 valence electrons. The standard InChI is InChI=1S/C14H18N2O2/c1-4-10-9-16-13(12(10)5-2)7-11(8-15)14(17)18-6-3/h7,9,16H,4-6H2,1-3H3. The quantitative estimate of drug-likeness (QED) is 0.493. The lowest BCUT2D eigenvalue weighted by Gasteiger charge is -2.01. The third-order valence-electron chi connectivity index (χ3n) is 2.75. The number of H-pyrrole nitrogens is 1. The molecular weight excluding hydrogens is 228 g/mol. The Kier molecular flexibility index (Phi) is 5.19. The van der Waals surface area contributed by atoms with Crippen molar-refractivity contribution in [3.63, 3.8) is 0 Å². The molecule has 4 nitrogen and oxygen atoms in total. The molecule has 0 aromatic carbocycles. The first-order chi connectivity index (χ1) is 8.67. The summed E-state index contributed by atoms with van der Waals surface area (Å²) in [5.74, 6) is -0.574. The number of nitrogens with zero attached hydrogens (tertiary/aromatic N) is 1. The molecule has 0 radical (unpaired) electrons. The number of ether oxygens (including phenoxy) is 1. The van der Waals surface area contributed by atoms with Crippen molar-refractivity contribution in [2.24, 2.45) is 0 Å². The summed E-state index contributed by atoms with van der Waals surface area (Å²) in [6.07, 6.45) is 5.27. The van der Waals surface area contributed by atoms with Gasteiger partial charge in [0.1, 0.15) is 11.6 Å². The number of nitriles is 1. The van der Waals surface area contributed by atoms with E-state index in [9.17, 15) is 4.79 Å². The van der Waals surface area contributed by atoms with Gasteiger partial charge in [-0.1, -0.05) is 13.8 Å². The first-order valence-corrected chi connectivity index (χ1v) is 6.15. The van der Waals surface area contributed by atoms with Crippen LogP contribution in [0, 0.1) is 11.3 Å². The molecule has 1 aromatic heterocycles. The van der Waals surface area contributed by atoms with Gasteiger partial charge in [-0.3, -0.25) is 0 Å². The predicted molar refractivity (Wildman–Crippen MR) is 69.8 cm³/mol. The molecule has 0 saturated heterocycles. The van der Waals surface area contributed by atoms with E-state index in [1.54, 1.807) is 13.0 Å². The second kappa shape index (κ2) is 6.65. The van der Waals surface area contributed by atoms with Crippen LogP contribution in [0.1, 0.15) is 37.6 Å². The maximum absolute atomic E-state index is 11.5. The zero-order chi connectivity index (χ0) is 13.5. The van der Waals surface area contributed by atoms with E-state index in [0.29, 0.717) is 0 Å². The molecule has 1 rings (SSSR count). The molecule has 1 aromatic rings. The summed E-state index contributed by atoms with van der Waals surface area (Å²) in [7, 11) is 0. The van der Waals surface area contributed by atoms with Crippen LogP contribution in [0.3, 0.4) is 0 Å². The molecule has 4 heteroatoms. The van der Waals surface area contributed by atoms with Gasteiger partial charge >= 0.3 is 5.97 Å². The summed E-state index contributed by atoms with van der Waals surface area (Å²) in [6.45, 7) is 6.11. The molecule has 0 aliphatic carbocycles. The number of hydrogen-bond donors (Lipinski definition) is 1. The Labute approximate surface area is 107 Å². The van der Waals surface area contributed by atoms with E-state index in [0.717, 1.165) is 24.1 Å². The number of nitrogens with one attached hydrogen (secondary N) is 1. The number of carbonyl (C=O) groups is 1. The molecule has 0 saturated carbocycles. The third-order valence-corrected chi connectivity index (χ3v) is 2.75. The van der Waals surface area contributed by atoms with Crippen LogP contribution >= 0.6 is 0 Å². The zero-order valence-electron chi connectivity index (χ0n) is 11.0. The van der Waals surface area contributed by atoms with Gasteiger partial charge < -0.3 is 9.72 Å². The fourth-order valence-electron chi connectivity index (χ4n) is 1.86. The van der Waals surface area contributed by atoms with Crippen LogP contribution < -0.4 is 0 Å². The predicted octanol–water partition coefficient (Wildman–Crippen LogP) is 2.61. The largest absolute Gasteiger partial charge is 0.462 e. The Morgan fingerprint density at radius 2 is 2.17 bits per heavy atom. The summed E-state index contributed by atoms with van der Waals surface area (Å²) in [5.41, 5.74) is 3.20. The molecule has 0 amide bonds. The molecule has 0 aliphatic heterocycles. The number of aromatic amines is 1. The van der Waals surface area contributed by atoms with E-state index < -0.39 is 5.97 Å². The van der Waals surface area contributed by atoms with E-state index in [1.807, 2.05) is 12.3 Å². The molecule has 0 atom stereocenters. The fraction of sp³-hybridized carbons (Fsp3) is 0.429. The van der Waals surface area contributed by atoms with Crippen molar-refractivity contribution < 1.29 is 9.53 Å². The third kappa shape index (κ3) is 3.01. The molecular formula is C14H18N2O2. The Morgan fingerprint density at radius 3 is 2.67 bits per heavy atom. The number of hydrogen-bond acceptors (Lipinski definition) is 3. The molecule has 0 aliphatic rings. The van der Waals surface area contributed by atoms with Crippen molar-refractivity contribution in [1.29, 1.82) is 5.26 Å². The summed E-state index contributed by atoms with van der Waals surface area (Å²) < 4.78 is 4.83. The van der Waals surface area contributed by atoms with Gasteiger partial charge in [-0.25, -0.2) is 4.79 Å². The number of rotatable bonds is 5. The van der Waals surface area contributed by atoms with Gasteiger partial charge in [0.15, 0.2) is 0 Å². The summed E-state index contributed by atoms with van der Waals surface area (Å²) >= 11 is 0. The highest BCUT2D eigenvalue weighted by Crippen LogP contribution is 2.18. The van der Waals surface area contributed by atoms with E-state index >= 15 is 0 Å². The van der Waals surface area contributed by atoms with E-state index in [4.69, 9.17) is 10.00 Å². The second-order valence-electron chi connectivity index (χ2n) is 3.80. The molecule has 18 heavy (non-hydrogen) atoms. The van der Waals surface area contributed by atoms with Crippen LogP contribution in [-0.2, 0) is 22.4 Å². The molecule has 0 fully saturated rings. The summed E-state index contributed by atoms with van der Waals surface area (Å²) in [4.78, 5) is 14.6. The number of esters is 1. The zero-order valence-corrected chi connectivity index (χ0v) is 11.0. The minimum absolute atomic E-state index is 0.0241. The number of carbonyl (C=O) groups excluding carboxylic acids is 1. The molecule has 1 N–H and O–H groups in total. The van der Waals surface area contributed by atoms with Gasteiger partial charge in [0.25, 0.3) is 0 Å². The van der Waals surface area contributed by atoms with Crippen molar-refractivity contribution in [2.45, 2.75) is 33.6 Å². The Bertz CT molecular complexity index is 492. The smallest absolute Gasteiger partial charge is 0.348 e. The minimum atomic E-state index is -0.574. The van der Waals surface area contributed by atoms with Gasteiger partial charge in [0.2, 0.25) is 0 Å². The first-order valence-electron chi connectivity index (χ1n) is 6.15. The fourth-order valence-corrected chi connectivity index (χ4v) is 1.86. The number of aryl methyl sites for hydroxylation is 1. The van der Waals surface area contributed by atoms with Gasteiger partial charge in [-0.15, -0.1) is 0 Å².